The van der Waals surface area contributed by atoms with Crippen LogP contribution in [0.3, 0.4) is 0 Å². The average molecular weight is 199 g/mol. The van der Waals surface area contributed by atoms with E-state index in [2.05, 4.69) is 0 Å². The maximum Gasteiger partial charge on any atom is 0.130 e. The van der Waals surface area contributed by atoms with Crippen molar-refractivity contribution >= 4 is 5.69 Å². The second-order valence-corrected chi connectivity index (χ2v) is 2.85. The molecule has 1 rings (SSSR count). The molecule has 0 amide bonds. The first kappa shape index (κ1) is 10.9. The van der Waals surface area contributed by atoms with E-state index in [-0.39, 0.29) is 12.4 Å². The highest BCUT2D eigenvalue weighted by molar-refractivity contribution is 5.46. The summed E-state index contributed by atoms with van der Waals surface area (Å²) in [5.74, 6) is -0.331. The van der Waals surface area contributed by atoms with Gasteiger partial charge < -0.3 is 15.2 Å². The number of rotatable bonds is 5. The second-order valence-electron chi connectivity index (χ2n) is 2.85. The van der Waals surface area contributed by atoms with Crippen LogP contribution in [-0.4, -0.2) is 20.3 Å². The second kappa shape index (κ2) is 5.57. The molecule has 4 heteroatoms. The van der Waals surface area contributed by atoms with Crippen LogP contribution in [0.1, 0.15) is 5.56 Å². The van der Waals surface area contributed by atoms with Gasteiger partial charge in [-0.15, -0.1) is 0 Å². The third-order valence-electron chi connectivity index (χ3n) is 1.83. The fraction of sp³-hybridized carbons (Fsp3) is 0.400. The normalized spacial score (nSPS) is 10.4. The standard InChI is InChI=1S/C10H14FNO2/c1-13-5-6-14-7-8-9(11)3-2-4-10(8)12/h2-4H,5-7,12H2,1H3. The molecule has 2 N–H and O–H groups in total. The molecule has 0 saturated heterocycles. The van der Waals surface area contributed by atoms with Crippen LogP contribution >= 0.6 is 0 Å². The molecule has 0 aliphatic rings. The lowest BCUT2D eigenvalue weighted by molar-refractivity contribution is 0.0607. The Balaban J connectivity index is 2.49. The summed E-state index contributed by atoms with van der Waals surface area (Å²) in [5, 5.41) is 0. The van der Waals surface area contributed by atoms with Gasteiger partial charge in [-0.25, -0.2) is 4.39 Å². The van der Waals surface area contributed by atoms with Gasteiger partial charge >= 0.3 is 0 Å². The zero-order valence-electron chi connectivity index (χ0n) is 8.13. The molecule has 0 atom stereocenters. The maximum atomic E-state index is 13.2. The monoisotopic (exact) mass is 199 g/mol. The minimum absolute atomic E-state index is 0.182. The van der Waals surface area contributed by atoms with Gasteiger partial charge in [-0.1, -0.05) is 6.07 Å². The first-order chi connectivity index (χ1) is 6.75. The van der Waals surface area contributed by atoms with Gasteiger partial charge in [0, 0.05) is 18.4 Å². The van der Waals surface area contributed by atoms with Gasteiger partial charge in [-0.2, -0.15) is 0 Å². The molecule has 0 saturated carbocycles. The molecular formula is C10H14FNO2. The molecule has 3 nitrogen and oxygen atoms in total. The minimum atomic E-state index is -0.331. The average Bonchev–Trinajstić information content (AvgIpc) is 2.16. The summed E-state index contributed by atoms with van der Waals surface area (Å²) >= 11 is 0. The number of hydrogen-bond donors (Lipinski definition) is 1. The molecule has 0 aromatic heterocycles. The molecule has 0 spiro atoms. The van der Waals surface area contributed by atoms with Crippen LogP contribution in [0.2, 0.25) is 0 Å². The third-order valence-corrected chi connectivity index (χ3v) is 1.83. The van der Waals surface area contributed by atoms with E-state index < -0.39 is 0 Å². The molecule has 1 aromatic carbocycles. The van der Waals surface area contributed by atoms with Crippen LogP contribution in [-0.2, 0) is 16.1 Å². The molecule has 0 heterocycles. The van der Waals surface area contributed by atoms with E-state index in [1.54, 1.807) is 19.2 Å². The van der Waals surface area contributed by atoms with Crippen molar-refractivity contribution < 1.29 is 13.9 Å². The summed E-state index contributed by atoms with van der Waals surface area (Å²) in [7, 11) is 1.58. The maximum absolute atomic E-state index is 13.2. The van der Waals surface area contributed by atoms with E-state index in [1.807, 2.05) is 0 Å². The zero-order valence-corrected chi connectivity index (χ0v) is 8.13. The van der Waals surface area contributed by atoms with Gasteiger partial charge in [0.05, 0.1) is 19.8 Å². The molecule has 0 bridgehead atoms. The number of nitrogens with two attached hydrogens (primary N) is 1. The minimum Gasteiger partial charge on any atom is -0.398 e. The summed E-state index contributed by atoms with van der Waals surface area (Å²) in [6.45, 7) is 1.11. The first-order valence-electron chi connectivity index (χ1n) is 4.35. The van der Waals surface area contributed by atoms with Crippen molar-refractivity contribution in [2.45, 2.75) is 6.61 Å². The largest absolute Gasteiger partial charge is 0.398 e. The van der Waals surface area contributed by atoms with E-state index in [1.165, 1.54) is 6.07 Å². The topological polar surface area (TPSA) is 44.5 Å². The molecular weight excluding hydrogens is 185 g/mol. The Morgan fingerprint density at radius 1 is 1.36 bits per heavy atom. The highest BCUT2D eigenvalue weighted by atomic mass is 19.1. The van der Waals surface area contributed by atoms with Crippen molar-refractivity contribution in [1.82, 2.24) is 0 Å². The van der Waals surface area contributed by atoms with Crippen molar-refractivity contribution in [2.24, 2.45) is 0 Å². The van der Waals surface area contributed by atoms with Crippen LogP contribution in [0, 0.1) is 5.82 Å². The summed E-state index contributed by atoms with van der Waals surface area (Å²) in [6, 6.07) is 4.59. The number of anilines is 1. The first-order valence-corrected chi connectivity index (χ1v) is 4.35. The van der Waals surface area contributed by atoms with Gasteiger partial charge in [0.25, 0.3) is 0 Å². The van der Waals surface area contributed by atoms with Gasteiger partial charge in [-0.05, 0) is 12.1 Å². The predicted octanol–water partition coefficient (Wildman–Crippen LogP) is 1.57. The summed E-state index contributed by atoms with van der Waals surface area (Å²) < 4.78 is 23.1. The number of hydrogen-bond acceptors (Lipinski definition) is 3. The van der Waals surface area contributed by atoms with Crippen LogP contribution in [0.15, 0.2) is 18.2 Å². The highest BCUT2D eigenvalue weighted by Gasteiger charge is 2.05. The van der Waals surface area contributed by atoms with E-state index in [0.29, 0.717) is 24.5 Å². The molecule has 0 aliphatic carbocycles. The van der Waals surface area contributed by atoms with E-state index in [4.69, 9.17) is 15.2 Å². The number of benzene rings is 1. The summed E-state index contributed by atoms with van der Waals surface area (Å²) in [5.41, 5.74) is 6.41. The zero-order chi connectivity index (χ0) is 10.4. The Labute approximate surface area is 82.6 Å². The quantitative estimate of drug-likeness (QED) is 0.578. The van der Waals surface area contributed by atoms with Crippen molar-refractivity contribution in [1.29, 1.82) is 0 Å². The van der Waals surface area contributed by atoms with E-state index in [0.717, 1.165) is 0 Å². The SMILES string of the molecule is COCCOCc1c(N)cccc1F. The van der Waals surface area contributed by atoms with Crippen LogP contribution < -0.4 is 5.73 Å². The Bertz CT molecular complexity index is 271. The lowest BCUT2D eigenvalue weighted by Gasteiger charge is -2.07. The molecule has 0 unspecified atom stereocenters. The number of methoxy groups -OCH3 is 1. The van der Waals surface area contributed by atoms with Crippen molar-refractivity contribution in [3.05, 3.63) is 29.6 Å². The van der Waals surface area contributed by atoms with Crippen molar-refractivity contribution in [3.63, 3.8) is 0 Å². The number of nitrogen functional groups attached to an aromatic ring is 1. The fourth-order valence-corrected chi connectivity index (χ4v) is 1.04. The van der Waals surface area contributed by atoms with Gasteiger partial charge in [0.2, 0.25) is 0 Å². The molecule has 1 aromatic rings. The Hall–Kier alpha value is -1.13. The smallest absolute Gasteiger partial charge is 0.130 e. The lowest BCUT2D eigenvalue weighted by Crippen LogP contribution is -2.05. The number of ether oxygens (including phenoxy) is 2. The van der Waals surface area contributed by atoms with Crippen molar-refractivity contribution in [2.75, 3.05) is 26.1 Å². The Morgan fingerprint density at radius 2 is 2.14 bits per heavy atom. The number of halogens is 1. The van der Waals surface area contributed by atoms with Crippen LogP contribution in [0.25, 0.3) is 0 Å². The molecule has 0 radical (unpaired) electrons. The molecule has 0 fully saturated rings. The van der Waals surface area contributed by atoms with Gasteiger partial charge in [-0.3, -0.25) is 0 Å². The highest BCUT2D eigenvalue weighted by Crippen LogP contribution is 2.16. The fourth-order valence-electron chi connectivity index (χ4n) is 1.04. The van der Waals surface area contributed by atoms with E-state index in [9.17, 15) is 4.39 Å². The Morgan fingerprint density at radius 3 is 2.79 bits per heavy atom. The third kappa shape index (κ3) is 2.97. The van der Waals surface area contributed by atoms with Gasteiger partial charge in [0.15, 0.2) is 0 Å². The summed E-state index contributed by atoms with van der Waals surface area (Å²) in [6.07, 6.45) is 0. The molecule has 78 valence electrons. The lowest BCUT2D eigenvalue weighted by atomic mass is 10.2. The molecule has 0 aliphatic heterocycles. The van der Waals surface area contributed by atoms with Crippen LogP contribution in [0.4, 0.5) is 10.1 Å². The summed E-state index contributed by atoms with van der Waals surface area (Å²) in [4.78, 5) is 0. The predicted molar refractivity (Wildman–Crippen MR) is 52.3 cm³/mol. The van der Waals surface area contributed by atoms with E-state index >= 15 is 0 Å². The van der Waals surface area contributed by atoms with Gasteiger partial charge in [0.1, 0.15) is 5.82 Å². The molecule has 14 heavy (non-hydrogen) atoms. The Kier molecular flexibility index (Phi) is 4.35. The van der Waals surface area contributed by atoms with Crippen LogP contribution in [0.5, 0.6) is 0 Å². The van der Waals surface area contributed by atoms with Crippen molar-refractivity contribution in [3.8, 4) is 0 Å².